The Hall–Kier alpha value is -0.680. The van der Waals surface area contributed by atoms with E-state index in [2.05, 4.69) is 4.52 Å². The molecule has 0 radical (unpaired) electrons. The number of phosphoric ester groups is 1. The molecule has 15 heavy (non-hydrogen) atoms. The van der Waals surface area contributed by atoms with Crippen molar-refractivity contribution in [1.29, 1.82) is 0 Å². The maximum absolute atomic E-state index is 11.1. The zero-order valence-corrected chi connectivity index (χ0v) is 9.76. The van der Waals surface area contributed by atoms with E-state index in [9.17, 15) is 4.57 Å². The summed E-state index contributed by atoms with van der Waals surface area (Å²) < 4.78 is 24.1. The zero-order chi connectivity index (χ0) is 11.3. The van der Waals surface area contributed by atoms with Gasteiger partial charge in [-0.2, -0.15) is 0 Å². The van der Waals surface area contributed by atoms with Crippen LogP contribution in [0.5, 0.6) is 0 Å². The van der Waals surface area contributed by atoms with Crippen molar-refractivity contribution in [2.75, 3.05) is 13.2 Å². The Morgan fingerprint density at radius 2 is 2.27 bits per heavy atom. The first-order valence-electron chi connectivity index (χ1n) is 4.66. The summed E-state index contributed by atoms with van der Waals surface area (Å²) in [7, 11) is -1.95. The molecule has 0 amide bonds. The molecule has 0 spiro atoms. The highest BCUT2D eigenvalue weighted by Gasteiger charge is 2.19. The summed E-state index contributed by atoms with van der Waals surface area (Å²) in [5.41, 5.74) is 0. The number of rotatable bonds is 6. The van der Waals surface area contributed by atoms with Crippen molar-refractivity contribution in [2.24, 2.45) is 7.05 Å². The first kappa shape index (κ1) is 12.4. The van der Waals surface area contributed by atoms with E-state index in [1.807, 2.05) is 34.9 Å². The predicted molar refractivity (Wildman–Crippen MR) is 53.0 cm³/mol. The topological polar surface area (TPSA) is 64.6 Å². The fourth-order valence-corrected chi connectivity index (χ4v) is 1.81. The van der Waals surface area contributed by atoms with Gasteiger partial charge in [0.2, 0.25) is 6.33 Å². The van der Waals surface area contributed by atoms with Crippen LogP contribution in [-0.4, -0.2) is 22.7 Å². The fraction of sp³-hybridized carbons (Fsp3) is 0.625. The molecular formula is C8H16N2O4P+. The molecule has 0 aliphatic heterocycles. The van der Waals surface area contributed by atoms with Crippen LogP contribution in [0.2, 0.25) is 0 Å². The van der Waals surface area contributed by atoms with Gasteiger partial charge in [-0.05, 0) is 6.92 Å². The minimum Gasteiger partial charge on any atom is -0.302 e. The molecule has 1 rings (SSSR count). The van der Waals surface area contributed by atoms with Gasteiger partial charge < -0.3 is 4.89 Å². The predicted octanol–water partition coefficient (Wildman–Crippen LogP) is 0.466. The molecule has 0 fully saturated rings. The molecule has 0 saturated carbocycles. The van der Waals surface area contributed by atoms with Crippen molar-refractivity contribution < 1.29 is 23.1 Å². The molecule has 86 valence electrons. The van der Waals surface area contributed by atoms with E-state index in [0.717, 1.165) is 0 Å². The summed E-state index contributed by atoms with van der Waals surface area (Å²) in [6.07, 6.45) is 5.58. The van der Waals surface area contributed by atoms with E-state index in [0.29, 0.717) is 6.54 Å². The summed E-state index contributed by atoms with van der Waals surface area (Å²) in [4.78, 5) is 9.09. The summed E-state index contributed by atoms with van der Waals surface area (Å²) in [6, 6.07) is 0. The third-order valence-corrected chi connectivity index (χ3v) is 2.81. The SMILES string of the molecule is CCOP(=O)(O)OCCn1cc[n+](C)c1. The number of aryl methyl sites for hydroxylation is 1. The van der Waals surface area contributed by atoms with E-state index in [1.54, 1.807) is 6.92 Å². The average Bonchev–Trinajstić information content (AvgIpc) is 2.51. The van der Waals surface area contributed by atoms with Crippen LogP contribution in [0.1, 0.15) is 6.92 Å². The Morgan fingerprint density at radius 3 is 2.80 bits per heavy atom. The Kier molecular flexibility index (Phi) is 4.47. The van der Waals surface area contributed by atoms with Crippen LogP contribution in [0, 0.1) is 0 Å². The van der Waals surface area contributed by atoms with Crippen LogP contribution in [0.4, 0.5) is 0 Å². The summed E-state index contributed by atoms with van der Waals surface area (Å²) in [6.45, 7) is 2.45. The Balaban J connectivity index is 2.30. The molecule has 1 heterocycles. The number of hydrogen-bond acceptors (Lipinski definition) is 3. The summed E-state index contributed by atoms with van der Waals surface area (Å²) in [5, 5.41) is 0. The lowest BCUT2D eigenvalue weighted by atomic mass is 10.7. The second-order valence-electron chi connectivity index (χ2n) is 3.04. The lowest BCUT2D eigenvalue weighted by Crippen LogP contribution is -2.24. The molecule has 1 atom stereocenters. The van der Waals surface area contributed by atoms with Crippen LogP contribution in [0.25, 0.3) is 0 Å². The van der Waals surface area contributed by atoms with Crippen molar-refractivity contribution in [3.05, 3.63) is 18.7 Å². The number of phosphoric acid groups is 1. The molecule has 6 nitrogen and oxygen atoms in total. The van der Waals surface area contributed by atoms with Crippen molar-refractivity contribution >= 4 is 7.82 Å². The molecular weight excluding hydrogens is 219 g/mol. The van der Waals surface area contributed by atoms with Gasteiger partial charge in [-0.15, -0.1) is 0 Å². The highest BCUT2D eigenvalue weighted by Crippen LogP contribution is 2.42. The fourth-order valence-electron chi connectivity index (χ4n) is 1.10. The van der Waals surface area contributed by atoms with E-state index in [-0.39, 0.29) is 13.2 Å². The molecule has 7 heteroatoms. The Bertz CT molecular complexity index is 352. The van der Waals surface area contributed by atoms with E-state index < -0.39 is 7.82 Å². The molecule has 0 aliphatic carbocycles. The third kappa shape index (κ3) is 4.57. The quantitative estimate of drug-likeness (QED) is 0.575. The van der Waals surface area contributed by atoms with Crippen LogP contribution in [-0.2, 0) is 27.2 Å². The number of nitrogens with zero attached hydrogens (tertiary/aromatic N) is 2. The van der Waals surface area contributed by atoms with Crippen molar-refractivity contribution in [2.45, 2.75) is 13.5 Å². The van der Waals surface area contributed by atoms with Crippen molar-refractivity contribution in [1.82, 2.24) is 4.57 Å². The van der Waals surface area contributed by atoms with Crippen LogP contribution < -0.4 is 4.57 Å². The van der Waals surface area contributed by atoms with Gasteiger partial charge in [-0.25, -0.2) is 13.7 Å². The van der Waals surface area contributed by atoms with Crippen LogP contribution >= 0.6 is 7.82 Å². The normalized spacial score (nSPS) is 15.1. The average molecular weight is 235 g/mol. The minimum atomic E-state index is -3.84. The van der Waals surface area contributed by atoms with E-state index in [1.165, 1.54) is 0 Å². The van der Waals surface area contributed by atoms with Gasteiger partial charge >= 0.3 is 7.82 Å². The van der Waals surface area contributed by atoms with Crippen molar-refractivity contribution in [3.8, 4) is 0 Å². The number of aromatic nitrogens is 2. The standard InChI is InChI=1S/C8H15N2O4P/c1-3-13-15(11,12)14-7-6-10-5-4-9(2)8-10/h4-5,8H,3,6-7H2,1-2H3/p+1. The largest absolute Gasteiger partial charge is 0.472 e. The monoisotopic (exact) mass is 235 g/mol. The highest BCUT2D eigenvalue weighted by atomic mass is 31.2. The third-order valence-electron chi connectivity index (χ3n) is 1.72. The van der Waals surface area contributed by atoms with Gasteiger partial charge in [0.1, 0.15) is 18.9 Å². The first-order valence-corrected chi connectivity index (χ1v) is 6.16. The van der Waals surface area contributed by atoms with Gasteiger partial charge in [0.25, 0.3) is 0 Å². The molecule has 0 saturated heterocycles. The second-order valence-corrected chi connectivity index (χ2v) is 4.49. The molecule has 0 aliphatic rings. The van der Waals surface area contributed by atoms with E-state index >= 15 is 0 Å². The molecule has 0 aromatic carbocycles. The van der Waals surface area contributed by atoms with Crippen LogP contribution in [0.15, 0.2) is 18.7 Å². The Morgan fingerprint density at radius 1 is 1.53 bits per heavy atom. The minimum absolute atomic E-state index is 0.141. The maximum Gasteiger partial charge on any atom is 0.472 e. The molecule has 1 N–H and O–H groups in total. The van der Waals surface area contributed by atoms with Gasteiger partial charge in [0.15, 0.2) is 0 Å². The lowest BCUT2D eigenvalue weighted by molar-refractivity contribution is -0.671. The smallest absolute Gasteiger partial charge is 0.302 e. The maximum atomic E-state index is 11.1. The summed E-state index contributed by atoms with van der Waals surface area (Å²) >= 11 is 0. The van der Waals surface area contributed by atoms with Gasteiger partial charge in [-0.3, -0.25) is 9.05 Å². The van der Waals surface area contributed by atoms with Crippen LogP contribution in [0.3, 0.4) is 0 Å². The van der Waals surface area contributed by atoms with Gasteiger partial charge in [-0.1, -0.05) is 0 Å². The van der Waals surface area contributed by atoms with Crippen molar-refractivity contribution in [3.63, 3.8) is 0 Å². The molecule has 1 aromatic heterocycles. The van der Waals surface area contributed by atoms with Gasteiger partial charge in [0.05, 0.1) is 20.3 Å². The van der Waals surface area contributed by atoms with E-state index in [4.69, 9.17) is 9.42 Å². The number of hydrogen-bond donors (Lipinski definition) is 1. The second kappa shape index (κ2) is 5.42. The highest BCUT2D eigenvalue weighted by molar-refractivity contribution is 7.47. The lowest BCUT2D eigenvalue weighted by Gasteiger charge is -2.09. The summed E-state index contributed by atoms with van der Waals surface area (Å²) in [5.74, 6) is 0. The Labute approximate surface area is 88.7 Å². The van der Waals surface area contributed by atoms with Gasteiger partial charge in [0, 0.05) is 0 Å². The molecule has 0 bridgehead atoms. The first-order chi connectivity index (χ1) is 7.03. The number of imidazole rings is 1. The molecule has 1 aromatic rings. The molecule has 1 unspecified atom stereocenters. The zero-order valence-electron chi connectivity index (χ0n) is 8.87.